The molecular weight excluding hydrogens is 250 g/mol. The minimum Gasteiger partial charge on any atom is -0.328 e. The molecule has 1 saturated heterocycles. The molecule has 5 nitrogen and oxygen atoms in total. The first-order chi connectivity index (χ1) is 8.61. The van der Waals surface area contributed by atoms with Crippen LogP contribution in [0.3, 0.4) is 0 Å². The van der Waals surface area contributed by atoms with Gasteiger partial charge in [-0.3, -0.25) is 0 Å². The van der Waals surface area contributed by atoms with Gasteiger partial charge in [0.2, 0.25) is 0 Å². The Morgan fingerprint density at radius 2 is 2.33 bits per heavy atom. The molecule has 18 heavy (non-hydrogen) atoms. The van der Waals surface area contributed by atoms with E-state index in [9.17, 15) is 8.42 Å². The lowest BCUT2D eigenvalue weighted by Crippen LogP contribution is -2.26. The van der Waals surface area contributed by atoms with Gasteiger partial charge in [0.1, 0.15) is 5.82 Å². The van der Waals surface area contributed by atoms with E-state index in [0.717, 1.165) is 43.9 Å². The van der Waals surface area contributed by atoms with Crippen molar-refractivity contribution in [3.8, 4) is 0 Å². The predicted molar refractivity (Wildman–Crippen MR) is 69.3 cm³/mol. The molecule has 1 N–H and O–H groups in total. The molecule has 0 amide bonds. The highest BCUT2D eigenvalue weighted by atomic mass is 32.2. The van der Waals surface area contributed by atoms with E-state index in [1.54, 1.807) is 0 Å². The first kappa shape index (κ1) is 12.2. The highest BCUT2D eigenvalue weighted by Crippen LogP contribution is 2.29. The Morgan fingerprint density at radius 1 is 1.50 bits per heavy atom. The molecule has 3 heterocycles. The van der Waals surface area contributed by atoms with Crippen molar-refractivity contribution in [2.24, 2.45) is 0 Å². The van der Waals surface area contributed by atoms with Gasteiger partial charge in [-0.25, -0.2) is 13.4 Å². The van der Waals surface area contributed by atoms with Crippen molar-refractivity contribution < 1.29 is 8.42 Å². The number of nitrogens with zero attached hydrogens (tertiary/aromatic N) is 2. The van der Waals surface area contributed by atoms with Crippen LogP contribution in [-0.2, 0) is 29.2 Å². The fourth-order valence-electron chi connectivity index (χ4n) is 3.05. The van der Waals surface area contributed by atoms with Gasteiger partial charge in [0.05, 0.1) is 17.2 Å². The molecule has 0 radical (unpaired) electrons. The lowest BCUT2D eigenvalue weighted by atomic mass is 10.1. The number of rotatable bonds is 2. The molecule has 1 aromatic rings. The van der Waals surface area contributed by atoms with Crippen LogP contribution in [0.2, 0.25) is 0 Å². The van der Waals surface area contributed by atoms with Crippen molar-refractivity contribution in [3.05, 3.63) is 17.2 Å². The van der Waals surface area contributed by atoms with Gasteiger partial charge >= 0.3 is 0 Å². The van der Waals surface area contributed by atoms with E-state index in [1.165, 1.54) is 5.69 Å². The predicted octanol–water partition coefficient (Wildman–Crippen LogP) is 0.451. The van der Waals surface area contributed by atoms with Crippen LogP contribution in [0.1, 0.15) is 36.6 Å². The van der Waals surface area contributed by atoms with Crippen LogP contribution in [0, 0.1) is 0 Å². The maximum absolute atomic E-state index is 11.7. The van der Waals surface area contributed by atoms with Crippen molar-refractivity contribution in [3.63, 3.8) is 0 Å². The first-order valence-electron chi connectivity index (χ1n) is 6.60. The summed E-state index contributed by atoms with van der Waals surface area (Å²) >= 11 is 0. The standard InChI is InChI=1S/C12H19N3O2S/c1-2-12-14-10-7-13-5-3-11(10)15(12)9-4-6-18(16,17)8-9/h9,13H,2-8H2,1H3. The zero-order valence-corrected chi connectivity index (χ0v) is 11.5. The van der Waals surface area contributed by atoms with E-state index in [2.05, 4.69) is 21.8 Å². The van der Waals surface area contributed by atoms with Gasteiger partial charge in [-0.2, -0.15) is 0 Å². The van der Waals surface area contributed by atoms with Gasteiger partial charge in [0.25, 0.3) is 0 Å². The van der Waals surface area contributed by atoms with E-state index in [1.807, 2.05) is 0 Å². The van der Waals surface area contributed by atoms with Crippen molar-refractivity contribution >= 4 is 9.84 Å². The van der Waals surface area contributed by atoms with E-state index < -0.39 is 9.84 Å². The quantitative estimate of drug-likeness (QED) is 0.847. The fourth-order valence-corrected chi connectivity index (χ4v) is 4.75. The molecule has 1 fully saturated rings. The molecule has 1 unspecified atom stereocenters. The molecule has 3 rings (SSSR count). The molecule has 0 aromatic carbocycles. The summed E-state index contributed by atoms with van der Waals surface area (Å²) in [6.45, 7) is 3.86. The van der Waals surface area contributed by atoms with E-state index in [-0.39, 0.29) is 11.8 Å². The lowest BCUT2D eigenvalue weighted by molar-refractivity contribution is 0.501. The number of nitrogens with one attached hydrogen (secondary N) is 1. The number of aryl methyl sites for hydroxylation is 1. The van der Waals surface area contributed by atoms with E-state index >= 15 is 0 Å². The minimum absolute atomic E-state index is 0.110. The van der Waals surface area contributed by atoms with Crippen molar-refractivity contribution in [1.29, 1.82) is 0 Å². The maximum atomic E-state index is 11.7. The highest BCUT2D eigenvalue weighted by Gasteiger charge is 2.33. The average Bonchev–Trinajstić information content (AvgIpc) is 2.88. The summed E-state index contributed by atoms with van der Waals surface area (Å²) in [7, 11) is -2.84. The third-order valence-corrected chi connectivity index (χ3v) is 5.64. The Labute approximate surface area is 108 Å². The summed E-state index contributed by atoms with van der Waals surface area (Å²) in [6, 6.07) is 0.110. The molecule has 0 bridgehead atoms. The van der Waals surface area contributed by atoms with Gasteiger partial charge in [-0.05, 0) is 6.42 Å². The van der Waals surface area contributed by atoms with Crippen LogP contribution in [0.25, 0.3) is 0 Å². The van der Waals surface area contributed by atoms with Gasteiger partial charge in [-0.15, -0.1) is 0 Å². The largest absolute Gasteiger partial charge is 0.328 e. The second kappa shape index (κ2) is 4.35. The van der Waals surface area contributed by atoms with Gasteiger partial charge < -0.3 is 9.88 Å². The van der Waals surface area contributed by atoms with Crippen molar-refractivity contribution in [2.45, 2.75) is 38.8 Å². The number of aromatic nitrogens is 2. The molecule has 2 aliphatic rings. The van der Waals surface area contributed by atoms with E-state index in [0.29, 0.717) is 5.75 Å². The fraction of sp³-hybridized carbons (Fsp3) is 0.750. The van der Waals surface area contributed by atoms with Crippen LogP contribution in [0.5, 0.6) is 0 Å². The molecule has 0 saturated carbocycles. The smallest absolute Gasteiger partial charge is 0.152 e. The van der Waals surface area contributed by atoms with Gasteiger partial charge in [-0.1, -0.05) is 6.92 Å². The second-order valence-corrected chi connectivity index (χ2v) is 7.36. The van der Waals surface area contributed by atoms with Crippen LogP contribution in [0.15, 0.2) is 0 Å². The molecular formula is C12H19N3O2S. The molecule has 1 aromatic heterocycles. The zero-order chi connectivity index (χ0) is 12.8. The van der Waals surface area contributed by atoms with Crippen molar-refractivity contribution in [1.82, 2.24) is 14.9 Å². The van der Waals surface area contributed by atoms with Crippen molar-refractivity contribution in [2.75, 3.05) is 18.1 Å². The summed E-state index contributed by atoms with van der Waals surface area (Å²) in [5.41, 5.74) is 2.37. The topological polar surface area (TPSA) is 64.0 Å². The lowest BCUT2D eigenvalue weighted by Gasteiger charge is -2.20. The number of hydrogen-bond acceptors (Lipinski definition) is 4. The third-order valence-electron chi connectivity index (χ3n) is 3.89. The van der Waals surface area contributed by atoms with Gasteiger partial charge in [0.15, 0.2) is 9.84 Å². The number of hydrogen-bond donors (Lipinski definition) is 1. The maximum Gasteiger partial charge on any atom is 0.152 e. The Hall–Kier alpha value is -0.880. The molecule has 100 valence electrons. The van der Waals surface area contributed by atoms with Crippen LogP contribution in [-0.4, -0.2) is 36.0 Å². The average molecular weight is 269 g/mol. The summed E-state index contributed by atoms with van der Waals surface area (Å²) < 4.78 is 25.5. The summed E-state index contributed by atoms with van der Waals surface area (Å²) in [6.07, 6.45) is 2.56. The second-order valence-electron chi connectivity index (χ2n) is 5.13. The summed E-state index contributed by atoms with van der Waals surface area (Å²) in [4.78, 5) is 4.67. The minimum atomic E-state index is -2.84. The zero-order valence-electron chi connectivity index (χ0n) is 10.6. The molecule has 6 heteroatoms. The van der Waals surface area contributed by atoms with Crippen LogP contribution < -0.4 is 5.32 Å². The molecule has 0 aliphatic carbocycles. The molecule has 2 aliphatic heterocycles. The molecule has 1 atom stereocenters. The normalized spacial score (nSPS) is 26.2. The third kappa shape index (κ3) is 1.97. The molecule has 0 spiro atoms. The Balaban J connectivity index is 2.02. The monoisotopic (exact) mass is 269 g/mol. The first-order valence-corrected chi connectivity index (χ1v) is 8.43. The Bertz CT molecular complexity index is 562. The number of sulfone groups is 1. The number of imidazole rings is 1. The van der Waals surface area contributed by atoms with E-state index in [4.69, 9.17) is 0 Å². The van der Waals surface area contributed by atoms with Gasteiger partial charge in [0, 0.05) is 37.7 Å². The Kier molecular flexibility index (Phi) is 2.94. The van der Waals surface area contributed by atoms with Crippen LogP contribution >= 0.6 is 0 Å². The Morgan fingerprint density at radius 3 is 3.00 bits per heavy atom. The summed E-state index contributed by atoms with van der Waals surface area (Å²) in [5, 5.41) is 3.32. The SMILES string of the molecule is CCc1nc2c(n1C1CCS(=O)(=O)C1)CCNC2. The van der Waals surface area contributed by atoms with Crippen LogP contribution in [0.4, 0.5) is 0 Å². The summed E-state index contributed by atoms with van der Waals surface area (Å²) in [5.74, 6) is 1.66. The highest BCUT2D eigenvalue weighted by molar-refractivity contribution is 7.91. The number of fused-ring (bicyclic) bond motifs is 1.